The summed E-state index contributed by atoms with van der Waals surface area (Å²) in [5, 5.41) is 50.1. The van der Waals surface area contributed by atoms with Crippen LogP contribution in [0, 0.1) is 0 Å². The fourth-order valence-corrected chi connectivity index (χ4v) is 2.18. The molecule has 0 bridgehead atoms. The second-order valence-electron chi connectivity index (χ2n) is 6.38. The highest BCUT2D eigenvalue weighted by atomic mass is 16.4. The van der Waals surface area contributed by atoms with Crippen LogP contribution in [0.5, 0.6) is 5.75 Å². The van der Waals surface area contributed by atoms with Crippen molar-refractivity contribution in [2.75, 3.05) is 0 Å². The fourth-order valence-electron chi connectivity index (χ4n) is 2.18. The molecule has 1 heterocycles. The van der Waals surface area contributed by atoms with Crippen LogP contribution in [0.25, 0.3) is 0 Å². The van der Waals surface area contributed by atoms with Crippen LogP contribution in [0.2, 0.25) is 0 Å². The van der Waals surface area contributed by atoms with Gasteiger partial charge in [-0.1, -0.05) is 0 Å². The van der Waals surface area contributed by atoms with Crippen LogP contribution < -0.4 is 26.9 Å². The average Bonchev–Trinajstić information content (AvgIpc) is 2.74. The van der Waals surface area contributed by atoms with Crippen molar-refractivity contribution in [3.05, 3.63) is 23.5 Å². The van der Waals surface area contributed by atoms with E-state index in [2.05, 4.69) is 0 Å². The summed E-state index contributed by atoms with van der Waals surface area (Å²) in [6, 6.07) is -5.18. The largest absolute Gasteiger partial charge is 0.548 e. The zero-order chi connectivity index (χ0) is 28.3. The molecule has 0 radical (unpaired) electrons. The first-order valence-corrected chi connectivity index (χ1v) is 8.66. The van der Waals surface area contributed by atoms with Crippen LogP contribution in [0.15, 0.2) is 12.3 Å². The van der Waals surface area contributed by atoms with E-state index < -0.39 is 110 Å². The Balaban J connectivity index is 3.83. The summed E-state index contributed by atoms with van der Waals surface area (Å²) >= 11 is 0. The van der Waals surface area contributed by atoms with Gasteiger partial charge < -0.3 is 47.5 Å². The van der Waals surface area contributed by atoms with Gasteiger partial charge in [-0.15, -0.1) is 0 Å². The molecular formula is C18H28N4O8. The number of carboxylic acid groups (broad SMARTS) is 3. The van der Waals surface area contributed by atoms with E-state index >= 15 is 0 Å². The lowest BCUT2D eigenvalue weighted by atomic mass is 9.96. The molecule has 1 rings (SSSR count). The number of carboxylic acids is 3. The van der Waals surface area contributed by atoms with Crippen LogP contribution in [-0.4, -0.2) is 62.6 Å². The van der Waals surface area contributed by atoms with Crippen LogP contribution >= 0.6 is 0 Å². The molecular weight excluding hydrogens is 400 g/mol. The van der Waals surface area contributed by atoms with Crippen molar-refractivity contribution in [3.8, 4) is 5.75 Å². The zero-order valence-corrected chi connectivity index (χ0v) is 15.7. The Morgan fingerprint density at radius 2 is 1.67 bits per heavy atom. The predicted octanol–water partition coefficient (Wildman–Crippen LogP) is -3.80. The molecule has 4 atom stereocenters. The lowest BCUT2D eigenvalue weighted by Crippen LogP contribution is -2.44. The second-order valence-corrected chi connectivity index (χ2v) is 6.38. The molecule has 0 aromatic carbocycles. The van der Waals surface area contributed by atoms with Gasteiger partial charge >= 0.3 is 11.9 Å². The van der Waals surface area contributed by atoms with E-state index in [9.17, 15) is 29.7 Å². The Kier molecular flexibility index (Phi) is 6.44. The van der Waals surface area contributed by atoms with Gasteiger partial charge in [0.1, 0.15) is 23.7 Å². The summed E-state index contributed by atoms with van der Waals surface area (Å²) < 4.78 is 49.9. The number of nitrogens with two attached hydrogens (primary N) is 3. The van der Waals surface area contributed by atoms with Crippen molar-refractivity contribution in [1.82, 2.24) is 0 Å². The van der Waals surface area contributed by atoms with E-state index in [0.717, 1.165) is 0 Å². The van der Waals surface area contributed by atoms with Gasteiger partial charge in [-0.2, -0.15) is 4.57 Å². The van der Waals surface area contributed by atoms with E-state index in [1.807, 2.05) is 0 Å². The van der Waals surface area contributed by atoms with Crippen LogP contribution in [0.4, 0.5) is 0 Å². The van der Waals surface area contributed by atoms with E-state index in [4.69, 9.17) is 35.6 Å². The number of aromatic nitrogens is 1. The Morgan fingerprint density at radius 3 is 2.20 bits per heavy atom. The first kappa shape index (κ1) is 16.9. The molecule has 0 aliphatic rings. The van der Waals surface area contributed by atoms with Crippen molar-refractivity contribution in [1.29, 1.82) is 0 Å². The molecule has 12 nitrogen and oxygen atoms in total. The molecule has 0 saturated carbocycles. The van der Waals surface area contributed by atoms with Crippen molar-refractivity contribution < 1.29 is 52.7 Å². The van der Waals surface area contributed by atoms with Crippen molar-refractivity contribution in [2.45, 2.75) is 62.8 Å². The average molecular weight is 434 g/mol. The maximum absolute atomic E-state index is 11.3. The number of aliphatic carboxylic acids is 3. The number of rotatable bonds is 13. The second kappa shape index (κ2) is 11.4. The standard InChI is InChI=1S/C18H28N4O8/c19-12(16(25)26)3-1-9-6-22(7-10(23)2-4-13(20)17(27)28)8-15(24)11(9)5-14(21)18(29)30/h6,8,10,12-14,23H,1-5,7,19-21H2,(H3-,24,25,26,27,28,29,30)/t10?,12-,13+,14+/m1/s1/i1D2,6D,7D2,8D. The van der Waals surface area contributed by atoms with Crippen molar-refractivity contribution in [3.63, 3.8) is 0 Å². The molecule has 30 heavy (non-hydrogen) atoms. The van der Waals surface area contributed by atoms with Crippen molar-refractivity contribution in [2.24, 2.45) is 17.2 Å². The molecule has 10 N–H and O–H groups in total. The topological polar surface area (TPSA) is 237 Å². The summed E-state index contributed by atoms with van der Waals surface area (Å²) in [6.45, 7) is -3.13. The van der Waals surface area contributed by atoms with E-state index in [-0.39, 0.29) is 4.57 Å². The molecule has 0 spiro atoms. The Labute approximate surface area is 181 Å². The summed E-state index contributed by atoms with van der Waals surface area (Å²) in [5.41, 5.74) is 14.6. The highest BCUT2D eigenvalue weighted by Gasteiger charge is 2.24. The minimum absolute atomic E-state index is 0.104. The molecule has 1 unspecified atom stereocenters. The minimum Gasteiger partial charge on any atom is -0.548 e. The number of hydrogen-bond donors (Lipinski definition) is 7. The highest BCUT2D eigenvalue weighted by molar-refractivity contribution is 5.74. The smallest absolute Gasteiger partial charge is 0.320 e. The third-order valence-corrected chi connectivity index (χ3v) is 3.92. The lowest BCUT2D eigenvalue weighted by molar-refractivity contribution is -0.704. The first-order valence-electron chi connectivity index (χ1n) is 11.7. The zero-order valence-electron chi connectivity index (χ0n) is 21.7. The minimum atomic E-state index is -3.13. The van der Waals surface area contributed by atoms with Crippen molar-refractivity contribution >= 4 is 17.9 Å². The number of carbonyl (C=O) groups excluding carboxylic acids is 1. The summed E-state index contributed by atoms with van der Waals surface area (Å²) in [6.07, 6.45) is -10.3. The third-order valence-electron chi connectivity index (χ3n) is 3.92. The molecule has 1 aromatic rings. The normalized spacial score (nSPS) is 19.1. The van der Waals surface area contributed by atoms with Gasteiger partial charge in [0, 0.05) is 26.3 Å². The molecule has 1 aromatic heterocycles. The molecule has 0 saturated heterocycles. The lowest BCUT2D eigenvalue weighted by Gasteiger charge is -2.16. The SMILES string of the molecule is [2H]c1c(O)c(C[C@H](N)C(=O)O)c(C([2H])([2H])C[C@@H](N)C(=O)O)c([2H])[n+]1C([2H])([2H])C(O)CC[C@H](N)C(=O)[O-]. The number of aromatic hydroxyl groups is 1. The first-order chi connectivity index (χ1) is 16.3. The fraction of sp³-hybridized carbons (Fsp3) is 0.556. The Morgan fingerprint density at radius 1 is 1.07 bits per heavy atom. The van der Waals surface area contributed by atoms with Gasteiger partial charge in [-0.25, -0.2) is 0 Å². The number of nitrogens with zero attached hydrogens (tertiary/aromatic N) is 1. The van der Waals surface area contributed by atoms with Gasteiger partial charge in [0.15, 0.2) is 18.4 Å². The number of carbonyl (C=O) groups is 3. The predicted molar refractivity (Wildman–Crippen MR) is 99.8 cm³/mol. The van der Waals surface area contributed by atoms with Gasteiger partial charge in [-0.3, -0.25) is 9.59 Å². The molecule has 0 aliphatic heterocycles. The highest BCUT2D eigenvalue weighted by Crippen LogP contribution is 2.22. The molecule has 0 aliphatic carbocycles. The monoisotopic (exact) mass is 434 g/mol. The van der Waals surface area contributed by atoms with Gasteiger partial charge in [0.05, 0.1) is 5.97 Å². The number of pyridine rings is 1. The molecule has 12 heteroatoms. The quantitative estimate of drug-likeness (QED) is 0.148. The van der Waals surface area contributed by atoms with Crippen LogP contribution in [0.1, 0.15) is 38.6 Å². The van der Waals surface area contributed by atoms with E-state index in [1.54, 1.807) is 0 Å². The van der Waals surface area contributed by atoms with Crippen LogP contribution in [-0.2, 0) is 33.7 Å². The Bertz CT molecular complexity index is 1030. The number of aliphatic hydroxyl groups is 1. The van der Waals surface area contributed by atoms with Gasteiger partial charge in [0.25, 0.3) is 0 Å². The summed E-state index contributed by atoms with van der Waals surface area (Å²) in [7, 11) is 0. The molecule has 168 valence electrons. The number of aliphatic hydroxyl groups excluding tert-OH is 1. The molecule has 0 fully saturated rings. The van der Waals surface area contributed by atoms with Gasteiger partial charge in [-0.05, 0) is 25.6 Å². The Hall–Kier alpha value is -2.80. The summed E-state index contributed by atoms with van der Waals surface area (Å²) in [4.78, 5) is 33.2. The van der Waals surface area contributed by atoms with Crippen LogP contribution in [0.3, 0.4) is 0 Å². The third kappa shape index (κ3) is 7.91. The van der Waals surface area contributed by atoms with Gasteiger partial charge in [0.2, 0.25) is 6.17 Å². The van der Waals surface area contributed by atoms with E-state index in [0.29, 0.717) is 0 Å². The number of hydrogen-bond acceptors (Lipinski definition) is 9. The maximum atomic E-state index is 11.3. The summed E-state index contributed by atoms with van der Waals surface area (Å²) in [5.74, 6) is -6.07. The maximum Gasteiger partial charge on any atom is 0.320 e. The van der Waals surface area contributed by atoms with E-state index in [1.165, 1.54) is 0 Å². The molecule has 0 amide bonds.